The summed E-state index contributed by atoms with van der Waals surface area (Å²) in [6.07, 6.45) is 2.62. The number of rotatable bonds is 6. The highest BCUT2D eigenvalue weighted by molar-refractivity contribution is 7.89. The highest BCUT2D eigenvalue weighted by Gasteiger charge is 2.35. The molecule has 7 nitrogen and oxygen atoms in total. The topological polar surface area (TPSA) is 95.0 Å². The van der Waals surface area contributed by atoms with Crippen LogP contribution in [0.2, 0.25) is 0 Å². The average molecular weight is 394 g/mol. The fourth-order valence-corrected chi connectivity index (χ4v) is 5.46. The third-order valence-electron chi connectivity index (χ3n) is 5.13. The zero-order chi connectivity index (χ0) is 19.8. The van der Waals surface area contributed by atoms with Crippen molar-refractivity contribution in [1.29, 1.82) is 0 Å². The lowest BCUT2D eigenvalue weighted by Gasteiger charge is -2.34. The fourth-order valence-electron chi connectivity index (χ4n) is 3.79. The average Bonchev–Trinajstić information content (AvgIpc) is 3.43. The number of aliphatic carboxylic acids is 1. The molecule has 1 aliphatic heterocycles. The van der Waals surface area contributed by atoms with E-state index in [0.29, 0.717) is 30.5 Å². The van der Waals surface area contributed by atoms with Gasteiger partial charge in [-0.25, -0.2) is 8.42 Å². The molecule has 27 heavy (non-hydrogen) atoms. The number of carbonyl (C=O) groups is 2. The summed E-state index contributed by atoms with van der Waals surface area (Å²) < 4.78 is 27.3. The minimum absolute atomic E-state index is 0.0339. The van der Waals surface area contributed by atoms with Crippen molar-refractivity contribution in [2.75, 3.05) is 19.6 Å². The number of carboxylic acid groups (broad SMARTS) is 1. The third kappa shape index (κ3) is 4.50. The van der Waals surface area contributed by atoms with Gasteiger partial charge in [-0.2, -0.15) is 4.31 Å². The van der Waals surface area contributed by atoms with Gasteiger partial charge in [0.25, 0.3) is 5.91 Å². The van der Waals surface area contributed by atoms with Crippen molar-refractivity contribution in [2.45, 2.75) is 44.0 Å². The molecule has 1 amide bonds. The molecule has 2 unspecified atom stereocenters. The van der Waals surface area contributed by atoms with Gasteiger partial charge >= 0.3 is 5.97 Å². The Labute approximate surface area is 160 Å². The van der Waals surface area contributed by atoms with Crippen molar-refractivity contribution in [3.8, 4) is 0 Å². The molecule has 1 saturated heterocycles. The molecular weight excluding hydrogens is 368 g/mol. The zero-order valence-corrected chi connectivity index (χ0v) is 16.5. The maximum absolute atomic E-state index is 12.9. The Morgan fingerprint density at radius 1 is 1.11 bits per heavy atom. The van der Waals surface area contributed by atoms with E-state index in [2.05, 4.69) is 13.8 Å². The fraction of sp³-hybridized carbons (Fsp3) is 0.579. The van der Waals surface area contributed by atoms with Crippen molar-refractivity contribution >= 4 is 21.9 Å². The Morgan fingerprint density at radius 2 is 1.67 bits per heavy atom. The summed E-state index contributed by atoms with van der Waals surface area (Å²) in [7, 11) is -3.60. The predicted octanol–water partition coefficient (Wildman–Crippen LogP) is 2.04. The van der Waals surface area contributed by atoms with Crippen molar-refractivity contribution in [2.24, 2.45) is 11.8 Å². The molecule has 2 aliphatic rings. The standard InChI is InChI=1S/C19H26N2O5S/c1-13-9-14(2)11-20(10-13)27(25,26)17-7-3-15(4-8-17)19(24)21(12-18(22)23)16-5-6-16/h3-4,7-8,13-14,16H,5-6,9-12H2,1-2H3,(H,22,23). The van der Waals surface area contributed by atoms with Crippen molar-refractivity contribution in [1.82, 2.24) is 9.21 Å². The van der Waals surface area contributed by atoms with Crippen LogP contribution in [-0.4, -0.2) is 60.3 Å². The molecule has 1 aromatic carbocycles. The lowest BCUT2D eigenvalue weighted by Crippen LogP contribution is -2.42. The van der Waals surface area contributed by atoms with E-state index in [9.17, 15) is 18.0 Å². The van der Waals surface area contributed by atoms with Crippen LogP contribution >= 0.6 is 0 Å². The molecule has 0 bridgehead atoms. The highest BCUT2D eigenvalue weighted by Crippen LogP contribution is 2.29. The number of sulfonamides is 1. The van der Waals surface area contributed by atoms with E-state index in [1.807, 2.05) is 0 Å². The van der Waals surface area contributed by atoms with E-state index in [1.165, 1.54) is 33.5 Å². The zero-order valence-electron chi connectivity index (χ0n) is 15.7. The van der Waals surface area contributed by atoms with Crippen LogP contribution < -0.4 is 0 Å². The number of carboxylic acids is 1. The smallest absolute Gasteiger partial charge is 0.323 e. The molecule has 0 spiro atoms. The summed E-state index contributed by atoms with van der Waals surface area (Å²) in [5.74, 6) is -0.799. The second-order valence-electron chi connectivity index (χ2n) is 7.85. The van der Waals surface area contributed by atoms with E-state index >= 15 is 0 Å². The quantitative estimate of drug-likeness (QED) is 0.797. The van der Waals surface area contributed by atoms with Crippen LogP contribution in [0.1, 0.15) is 43.5 Å². The summed E-state index contributed by atoms with van der Waals surface area (Å²) in [6.45, 7) is 4.76. The maximum atomic E-state index is 12.9. The van der Waals surface area contributed by atoms with E-state index in [1.54, 1.807) is 0 Å². The van der Waals surface area contributed by atoms with Gasteiger partial charge in [0.2, 0.25) is 10.0 Å². The number of amides is 1. The van der Waals surface area contributed by atoms with E-state index in [-0.39, 0.29) is 23.4 Å². The first-order valence-corrected chi connectivity index (χ1v) is 10.8. The summed E-state index contributed by atoms with van der Waals surface area (Å²) in [5, 5.41) is 9.02. The molecule has 1 aliphatic carbocycles. The molecule has 1 saturated carbocycles. The number of hydrogen-bond acceptors (Lipinski definition) is 4. The monoisotopic (exact) mass is 394 g/mol. The molecule has 0 radical (unpaired) electrons. The lowest BCUT2D eigenvalue weighted by atomic mass is 9.94. The number of carbonyl (C=O) groups excluding carboxylic acids is 1. The molecule has 8 heteroatoms. The minimum atomic E-state index is -3.60. The predicted molar refractivity (Wildman–Crippen MR) is 99.8 cm³/mol. The molecule has 1 aromatic rings. The molecule has 3 rings (SSSR count). The van der Waals surface area contributed by atoms with E-state index < -0.39 is 16.0 Å². The first kappa shape index (κ1) is 19.8. The minimum Gasteiger partial charge on any atom is -0.480 e. The molecule has 1 heterocycles. The van der Waals surface area contributed by atoms with Crippen LogP contribution in [0.4, 0.5) is 0 Å². The second-order valence-corrected chi connectivity index (χ2v) is 9.79. The lowest BCUT2D eigenvalue weighted by molar-refractivity contribution is -0.137. The number of piperidine rings is 1. The first-order chi connectivity index (χ1) is 12.7. The first-order valence-electron chi connectivity index (χ1n) is 9.31. The van der Waals surface area contributed by atoms with Crippen LogP contribution in [0.5, 0.6) is 0 Å². The number of hydrogen-bond donors (Lipinski definition) is 1. The molecule has 148 valence electrons. The number of nitrogens with zero attached hydrogens (tertiary/aromatic N) is 2. The summed E-state index contributed by atoms with van der Waals surface area (Å²) in [4.78, 5) is 25.1. The molecule has 1 N–H and O–H groups in total. The van der Waals surface area contributed by atoms with Gasteiger partial charge < -0.3 is 10.0 Å². The van der Waals surface area contributed by atoms with Gasteiger partial charge in [-0.1, -0.05) is 13.8 Å². The SMILES string of the molecule is CC1CC(C)CN(S(=O)(=O)c2ccc(C(=O)N(CC(=O)O)C3CC3)cc2)C1. The van der Waals surface area contributed by atoms with Gasteiger partial charge in [0.15, 0.2) is 0 Å². The Morgan fingerprint density at radius 3 is 2.15 bits per heavy atom. The van der Waals surface area contributed by atoms with E-state index in [0.717, 1.165) is 19.3 Å². The summed E-state index contributed by atoms with van der Waals surface area (Å²) in [5.41, 5.74) is 0.308. The maximum Gasteiger partial charge on any atom is 0.323 e. The highest BCUT2D eigenvalue weighted by atomic mass is 32.2. The van der Waals surface area contributed by atoms with Crippen molar-refractivity contribution in [3.63, 3.8) is 0 Å². The Bertz CT molecular complexity index is 807. The molecule has 2 atom stereocenters. The van der Waals surface area contributed by atoms with Gasteiger partial charge in [-0.15, -0.1) is 0 Å². The van der Waals surface area contributed by atoms with Crippen LogP contribution in [0.25, 0.3) is 0 Å². The normalized spacial score (nSPS) is 23.8. The van der Waals surface area contributed by atoms with E-state index in [4.69, 9.17) is 5.11 Å². The van der Waals surface area contributed by atoms with Gasteiger partial charge in [-0.05, 0) is 55.4 Å². The summed E-state index contributed by atoms with van der Waals surface area (Å²) >= 11 is 0. The van der Waals surface area contributed by atoms with Gasteiger partial charge in [-0.3, -0.25) is 9.59 Å². The molecule has 0 aromatic heterocycles. The van der Waals surface area contributed by atoms with Crippen LogP contribution in [0.3, 0.4) is 0 Å². The Kier molecular flexibility index (Phi) is 5.58. The van der Waals surface area contributed by atoms with Crippen LogP contribution in [0, 0.1) is 11.8 Å². The number of benzene rings is 1. The Balaban J connectivity index is 1.78. The van der Waals surface area contributed by atoms with Gasteiger partial charge in [0, 0.05) is 24.7 Å². The van der Waals surface area contributed by atoms with Crippen LogP contribution in [-0.2, 0) is 14.8 Å². The molecule has 2 fully saturated rings. The second kappa shape index (κ2) is 7.59. The Hall–Kier alpha value is -1.93. The summed E-state index contributed by atoms with van der Waals surface area (Å²) in [6, 6.07) is 5.80. The third-order valence-corrected chi connectivity index (χ3v) is 6.97. The van der Waals surface area contributed by atoms with Gasteiger partial charge in [0.05, 0.1) is 4.90 Å². The van der Waals surface area contributed by atoms with Crippen molar-refractivity contribution < 1.29 is 23.1 Å². The van der Waals surface area contributed by atoms with Crippen LogP contribution in [0.15, 0.2) is 29.2 Å². The van der Waals surface area contributed by atoms with Gasteiger partial charge in [0.1, 0.15) is 6.54 Å². The molecular formula is C19H26N2O5S. The largest absolute Gasteiger partial charge is 0.480 e. The van der Waals surface area contributed by atoms with Crippen molar-refractivity contribution in [3.05, 3.63) is 29.8 Å².